The van der Waals surface area contributed by atoms with Gasteiger partial charge in [0.2, 0.25) is 6.29 Å². The molecule has 5 nitrogen and oxygen atoms in total. The van der Waals surface area contributed by atoms with Gasteiger partial charge in [-0.15, -0.1) is 0 Å². The van der Waals surface area contributed by atoms with E-state index in [4.69, 9.17) is 9.47 Å². The molecular formula is C21H32O5. The maximum absolute atomic E-state index is 12.0. The van der Waals surface area contributed by atoms with Crippen molar-refractivity contribution in [1.82, 2.24) is 0 Å². The second kappa shape index (κ2) is 6.77. The first kappa shape index (κ1) is 19.6. The number of aliphatic hydroxyl groups excluding tert-OH is 2. The van der Waals surface area contributed by atoms with E-state index in [1.165, 1.54) is 7.11 Å². The van der Waals surface area contributed by atoms with Crippen LogP contribution < -0.4 is 0 Å². The van der Waals surface area contributed by atoms with Gasteiger partial charge in [0.1, 0.15) is 0 Å². The second-order valence-corrected chi connectivity index (χ2v) is 8.73. The molecule has 0 saturated heterocycles. The zero-order valence-corrected chi connectivity index (χ0v) is 16.5. The van der Waals surface area contributed by atoms with Crippen molar-refractivity contribution in [2.75, 3.05) is 7.11 Å². The number of aliphatic hydroxyl groups is 2. The van der Waals surface area contributed by atoms with Gasteiger partial charge in [0, 0.05) is 18.1 Å². The standard InChI is InChI=1S/C21H32O5/c1-12-7-6-8-15-20(3,13(2)17(22)18(23)21(12,15)4)10-9-14-11-16(25-5)26-19(14)24/h7,11,13,15-18,22-23H,6,8-10H2,1-5H3/t13-,15-,16+,17+,18+,20+,21+/m1/s1. The number of allylic oxidation sites excluding steroid dienone is 1. The van der Waals surface area contributed by atoms with E-state index >= 15 is 0 Å². The minimum Gasteiger partial charge on any atom is -0.429 e. The van der Waals surface area contributed by atoms with Gasteiger partial charge < -0.3 is 19.7 Å². The first-order chi connectivity index (χ1) is 12.2. The Morgan fingerprint density at radius 2 is 2.04 bits per heavy atom. The molecule has 1 aliphatic heterocycles. The molecule has 7 atom stereocenters. The lowest BCUT2D eigenvalue weighted by atomic mass is 9.45. The van der Waals surface area contributed by atoms with Crippen LogP contribution in [0.15, 0.2) is 23.3 Å². The van der Waals surface area contributed by atoms with E-state index in [0.717, 1.165) is 24.8 Å². The smallest absolute Gasteiger partial charge is 0.336 e. The van der Waals surface area contributed by atoms with Crippen LogP contribution in [0.2, 0.25) is 0 Å². The molecule has 26 heavy (non-hydrogen) atoms. The molecule has 0 amide bonds. The zero-order valence-electron chi connectivity index (χ0n) is 16.5. The van der Waals surface area contributed by atoms with Crippen molar-refractivity contribution in [3.63, 3.8) is 0 Å². The topological polar surface area (TPSA) is 76.0 Å². The highest BCUT2D eigenvalue weighted by atomic mass is 16.7. The number of fused-ring (bicyclic) bond motifs is 1. The maximum atomic E-state index is 12.0. The Morgan fingerprint density at radius 3 is 2.65 bits per heavy atom. The fourth-order valence-corrected chi connectivity index (χ4v) is 5.61. The molecule has 5 heteroatoms. The molecule has 0 aromatic heterocycles. The largest absolute Gasteiger partial charge is 0.429 e. The lowest BCUT2D eigenvalue weighted by molar-refractivity contribution is -0.190. The highest BCUT2D eigenvalue weighted by molar-refractivity contribution is 5.90. The number of ether oxygens (including phenoxy) is 2. The van der Waals surface area contributed by atoms with Gasteiger partial charge in [0.25, 0.3) is 0 Å². The van der Waals surface area contributed by atoms with Crippen LogP contribution in [-0.2, 0) is 14.3 Å². The molecule has 2 N–H and O–H groups in total. The lowest BCUT2D eigenvalue weighted by Crippen LogP contribution is -2.63. The van der Waals surface area contributed by atoms with Crippen LogP contribution in [0.1, 0.15) is 53.4 Å². The summed E-state index contributed by atoms with van der Waals surface area (Å²) in [6.07, 6.45) is 5.15. The number of hydrogen-bond acceptors (Lipinski definition) is 5. The number of methoxy groups -OCH3 is 1. The summed E-state index contributed by atoms with van der Waals surface area (Å²) < 4.78 is 10.2. The summed E-state index contributed by atoms with van der Waals surface area (Å²) in [5.41, 5.74) is 1.20. The lowest BCUT2D eigenvalue weighted by Gasteiger charge is -2.61. The van der Waals surface area contributed by atoms with Crippen molar-refractivity contribution >= 4 is 5.97 Å². The Kier molecular flexibility index (Phi) is 5.10. The number of carbonyl (C=O) groups excluding carboxylic acids is 1. The van der Waals surface area contributed by atoms with Crippen molar-refractivity contribution < 1.29 is 24.5 Å². The number of cyclic esters (lactones) is 1. The van der Waals surface area contributed by atoms with Crippen molar-refractivity contribution in [1.29, 1.82) is 0 Å². The Bertz CT molecular complexity index is 638. The van der Waals surface area contributed by atoms with Gasteiger partial charge in [-0.3, -0.25) is 0 Å². The van der Waals surface area contributed by atoms with Gasteiger partial charge in [-0.25, -0.2) is 4.79 Å². The molecule has 0 radical (unpaired) electrons. The number of hydrogen-bond donors (Lipinski definition) is 2. The molecule has 1 saturated carbocycles. The van der Waals surface area contributed by atoms with E-state index in [1.54, 1.807) is 6.08 Å². The molecule has 0 spiro atoms. The third kappa shape index (κ3) is 2.76. The summed E-state index contributed by atoms with van der Waals surface area (Å²) in [7, 11) is 1.52. The average molecular weight is 364 g/mol. The zero-order chi connectivity index (χ0) is 19.3. The minimum absolute atomic E-state index is 0.0577. The summed E-state index contributed by atoms with van der Waals surface area (Å²) in [4.78, 5) is 12.0. The van der Waals surface area contributed by atoms with Crippen LogP contribution in [0.4, 0.5) is 0 Å². The fraction of sp³-hybridized carbons (Fsp3) is 0.762. The fourth-order valence-electron chi connectivity index (χ4n) is 5.61. The Hall–Kier alpha value is -1.17. The van der Waals surface area contributed by atoms with Gasteiger partial charge in [0.15, 0.2) is 0 Å². The predicted molar refractivity (Wildman–Crippen MR) is 98.1 cm³/mol. The summed E-state index contributed by atoms with van der Waals surface area (Å²) in [6, 6.07) is 0. The van der Waals surface area contributed by atoms with Gasteiger partial charge in [-0.2, -0.15) is 0 Å². The summed E-state index contributed by atoms with van der Waals surface area (Å²) in [5.74, 6) is -0.116. The van der Waals surface area contributed by atoms with Crippen molar-refractivity contribution in [3.8, 4) is 0 Å². The normalized spacial score (nSPS) is 45.7. The van der Waals surface area contributed by atoms with Crippen molar-refractivity contribution in [3.05, 3.63) is 23.3 Å². The van der Waals surface area contributed by atoms with Gasteiger partial charge in [0.05, 0.1) is 12.2 Å². The molecule has 0 unspecified atom stereocenters. The van der Waals surface area contributed by atoms with Crippen LogP contribution in [-0.4, -0.2) is 41.8 Å². The van der Waals surface area contributed by atoms with E-state index in [1.807, 2.05) is 6.92 Å². The number of rotatable bonds is 4. The third-order valence-electron chi connectivity index (χ3n) is 7.75. The van der Waals surface area contributed by atoms with E-state index in [-0.39, 0.29) is 23.2 Å². The molecule has 1 heterocycles. The highest BCUT2D eigenvalue weighted by Crippen LogP contribution is 2.62. The van der Waals surface area contributed by atoms with Crippen LogP contribution in [0.3, 0.4) is 0 Å². The molecule has 146 valence electrons. The molecule has 0 aromatic carbocycles. The third-order valence-corrected chi connectivity index (χ3v) is 7.75. The Labute approximate surface area is 156 Å². The quantitative estimate of drug-likeness (QED) is 0.592. The molecule has 1 fully saturated rings. The molecular weight excluding hydrogens is 332 g/mol. The van der Waals surface area contributed by atoms with Crippen LogP contribution in [0.25, 0.3) is 0 Å². The summed E-state index contributed by atoms with van der Waals surface area (Å²) >= 11 is 0. The number of esters is 1. The van der Waals surface area contributed by atoms with E-state index in [9.17, 15) is 15.0 Å². The van der Waals surface area contributed by atoms with E-state index < -0.39 is 23.9 Å². The first-order valence-corrected chi connectivity index (χ1v) is 9.64. The molecule has 2 aliphatic carbocycles. The average Bonchev–Trinajstić information content (AvgIpc) is 2.99. The first-order valence-electron chi connectivity index (χ1n) is 9.64. The van der Waals surface area contributed by atoms with E-state index in [0.29, 0.717) is 12.0 Å². The Balaban J connectivity index is 1.89. The van der Waals surface area contributed by atoms with Gasteiger partial charge in [-0.1, -0.05) is 32.4 Å². The second-order valence-electron chi connectivity index (χ2n) is 8.73. The SMILES string of the molecule is CO[C@@H]1C=C(CC[C@@]2(C)[C@H](C)[C@H](O)[C@H](O)[C@@]3(C)C(C)=CCC[C@H]23)C(=O)O1. The highest BCUT2D eigenvalue weighted by Gasteiger charge is 2.60. The van der Waals surface area contributed by atoms with Gasteiger partial charge >= 0.3 is 5.97 Å². The van der Waals surface area contributed by atoms with Crippen LogP contribution in [0, 0.1) is 22.7 Å². The maximum Gasteiger partial charge on any atom is 0.336 e. The number of carbonyl (C=O) groups is 1. The van der Waals surface area contributed by atoms with Crippen molar-refractivity contribution in [2.24, 2.45) is 22.7 Å². The predicted octanol–water partition coefficient (Wildman–Crippen LogP) is 2.96. The monoisotopic (exact) mass is 364 g/mol. The van der Waals surface area contributed by atoms with Gasteiger partial charge in [-0.05, 0) is 55.9 Å². The summed E-state index contributed by atoms with van der Waals surface area (Å²) in [6.45, 7) is 8.40. The minimum atomic E-state index is -0.779. The van der Waals surface area contributed by atoms with E-state index in [2.05, 4.69) is 26.8 Å². The van der Waals surface area contributed by atoms with Crippen LogP contribution in [0.5, 0.6) is 0 Å². The van der Waals surface area contributed by atoms with Crippen molar-refractivity contribution in [2.45, 2.75) is 71.9 Å². The molecule has 0 bridgehead atoms. The molecule has 3 rings (SSSR count). The molecule has 0 aromatic rings. The van der Waals surface area contributed by atoms with Crippen LogP contribution >= 0.6 is 0 Å². The molecule has 3 aliphatic rings. The Morgan fingerprint density at radius 1 is 1.35 bits per heavy atom. The summed E-state index contributed by atoms with van der Waals surface area (Å²) in [5, 5.41) is 21.7.